The number of halogens is 2. The van der Waals surface area contributed by atoms with Crippen LogP contribution in [-0.2, 0) is 15.4 Å². The Kier molecular flexibility index (Phi) is 3.75. The molecule has 114 valence electrons. The molecule has 1 aromatic carbocycles. The standard InChI is InChI=1S/C13H15F2N3O2S/c1-13(2,3)10-7-11(17-16-10)18-21(19,20)12-8(14)5-4-6-9(12)15/h4-7H,1-3H3,(H2,16,17,18). The minimum atomic E-state index is -4.39. The SMILES string of the molecule is CC(C)(C)c1cc(NS(=O)(=O)c2c(F)cccc2F)n[nH]1. The van der Waals surface area contributed by atoms with Crippen LogP contribution in [0.4, 0.5) is 14.6 Å². The summed E-state index contributed by atoms with van der Waals surface area (Å²) < 4.78 is 53.3. The molecule has 0 aliphatic rings. The molecule has 0 atom stereocenters. The van der Waals surface area contributed by atoms with E-state index >= 15 is 0 Å². The lowest BCUT2D eigenvalue weighted by Crippen LogP contribution is -2.16. The van der Waals surface area contributed by atoms with Gasteiger partial charge in [-0.15, -0.1) is 0 Å². The van der Waals surface area contributed by atoms with Crippen LogP contribution < -0.4 is 4.72 Å². The zero-order valence-electron chi connectivity index (χ0n) is 11.7. The Morgan fingerprint density at radius 1 is 1.19 bits per heavy atom. The van der Waals surface area contributed by atoms with Crippen LogP contribution in [0.5, 0.6) is 0 Å². The normalized spacial score (nSPS) is 12.4. The van der Waals surface area contributed by atoms with Gasteiger partial charge in [-0.1, -0.05) is 26.8 Å². The van der Waals surface area contributed by atoms with E-state index in [-0.39, 0.29) is 11.2 Å². The maximum atomic E-state index is 13.6. The molecule has 0 radical (unpaired) electrons. The molecule has 2 rings (SSSR count). The third-order valence-electron chi connectivity index (χ3n) is 2.81. The van der Waals surface area contributed by atoms with Crippen molar-refractivity contribution < 1.29 is 17.2 Å². The Hall–Kier alpha value is -1.96. The van der Waals surface area contributed by atoms with Crippen molar-refractivity contribution in [3.8, 4) is 0 Å². The first-order valence-electron chi connectivity index (χ1n) is 6.14. The van der Waals surface area contributed by atoms with Crippen molar-refractivity contribution in [2.75, 3.05) is 4.72 Å². The summed E-state index contributed by atoms with van der Waals surface area (Å²) >= 11 is 0. The predicted molar refractivity (Wildman–Crippen MR) is 74.5 cm³/mol. The summed E-state index contributed by atoms with van der Waals surface area (Å²) in [6.45, 7) is 5.74. The van der Waals surface area contributed by atoms with Gasteiger partial charge in [-0.05, 0) is 12.1 Å². The van der Waals surface area contributed by atoms with Gasteiger partial charge in [-0.2, -0.15) is 5.10 Å². The van der Waals surface area contributed by atoms with Crippen LogP contribution in [0.25, 0.3) is 0 Å². The third-order valence-corrected chi connectivity index (χ3v) is 4.22. The molecule has 2 aromatic rings. The summed E-state index contributed by atoms with van der Waals surface area (Å²) in [5.74, 6) is -2.34. The molecule has 1 heterocycles. The van der Waals surface area contributed by atoms with E-state index in [4.69, 9.17) is 0 Å². The van der Waals surface area contributed by atoms with E-state index in [1.165, 1.54) is 6.07 Å². The van der Waals surface area contributed by atoms with Gasteiger partial charge < -0.3 is 0 Å². The van der Waals surface area contributed by atoms with Crippen LogP contribution in [0.3, 0.4) is 0 Å². The minimum Gasteiger partial charge on any atom is -0.280 e. The van der Waals surface area contributed by atoms with Crippen LogP contribution in [0.15, 0.2) is 29.2 Å². The van der Waals surface area contributed by atoms with E-state index in [1.54, 1.807) is 0 Å². The first-order valence-corrected chi connectivity index (χ1v) is 7.62. The number of hydrogen-bond donors (Lipinski definition) is 2. The van der Waals surface area contributed by atoms with Crippen LogP contribution in [0, 0.1) is 11.6 Å². The van der Waals surface area contributed by atoms with Gasteiger partial charge in [0.15, 0.2) is 10.7 Å². The second-order valence-corrected chi connectivity index (χ2v) is 7.19. The maximum absolute atomic E-state index is 13.6. The first-order chi connectivity index (χ1) is 9.61. The number of sulfonamides is 1. The average molecular weight is 315 g/mol. The van der Waals surface area contributed by atoms with Gasteiger partial charge in [-0.25, -0.2) is 17.2 Å². The monoisotopic (exact) mass is 315 g/mol. The molecule has 0 aliphatic heterocycles. The highest BCUT2D eigenvalue weighted by molar-refractivity contribution is 7.92. The molecule has 0 fully saturated rings. The Morgan fingerprint density at radius 3 is 2.24 bits per heavy atom. The summed E-state index contributed by atoms with van der Waals surface area (Å²) in [4.78, 5) is -1.02. The zero-order chi connectivity index (χ0) is 15.8. The molecule has 0 bridgehead atoms. The van der Waals surface area contributed by atoms with Gasteiger partial charge in [0, 0.05) is 17.2 Å². The molecule has 1 aromatic heterocycles. The van der Waals surface area contributed by atoms with E-state index in [2.05, 4.69) is 14.9 Å². The quantitative estimate of drug-likeness (QED) is 0.914. The molecule has 0 unspecified atom stereocenters. The van der Waals surface area contributed by atoms with Crippen molar-refractivity contribution in [2.45, 2.75) is 31.1 Å². The molecule has 0 spiro atoms. The zero-order valence-corrected chi connectivity index (χ0v) is 12.6. The Morgan fingerprint density at radius 2 is 1.76 bits per heavy atom. The van der Waals surface area contributed by atoms with Gasteiger partial charge in [0.2, 0.25) is 0 Å². The lowest BCUT2D eigenvalue weighted by Gasteiger charge is -2.14. The van der Waals surface area contributed by atoms with Gasteiger partial charge in [0.25, 0.3) is 10.0 Å². The summed E-state index contributed by atoms with van der Waals surface area (Å²) in [7, 11) is -4.39. The van der Waals surface area contributed by atoms with E-state index in [9.17, 15) is 17.2 Å². The Labute approximate surface area is 121 Å². The van der Waals surface area contributed by atoms with Crippen molar-refractivity contribution in [3.63, 3.8) is 0 Å². The van der Waals surface area contributed by atoms with E-state index < -0.39 is 26.6 Å². The average Bonchev–Trinajstić information content (AvgIpc) is 2.75. The molecule has 0 saturated heterocycles. The van der Waals surface area contributed by atoms with Crippen LogP contribution in [0.2, 0.25) is 0 Å². The molecule has 21 heavy (non-hydrogen) atoms. The number of benzene rings is 1. The largest absolute Gasteiger partial charge is 0.280 e. The second-order valence-electron chi connectivity index (χ2n) is 5.57. The number of hydrogen-bond acceptors (Lipinski definition) is 3. The third kappa shape index (κ3) is 3.21. The Bertz CT molecular complexity index is 744. The van der Waals surface area contributed by atoms with Gasteiger partial charge >= 0.3 is 0 Å². The molecule has 5 nitrogen and oxygen atoms in total. The molecule has 8 heteroatoms. The maximum Gasteiger partial charge on any atom is 0.268 e. The molecule has 0 amide bonds. The summed E-state index contributed by atoms with van der Waals surface area (Å²) in [6.07, 6.45) is 0. The molecule has 0 saturated carbocycles. The predicted octanol–water partition coefficient (Wildman–Crippen LogP) is 2.79. The number of rotatable bonds is 3. The van der Waals surface area contributed by atoms with E-state index in [1.807, 2.05) is 20.8 Å². The van der Waals surface area contributed by atoms with Crippen molar-refractivity contribution in [1.82, 2.24) is 10.2 Å². The smallest absolute Gasteiger partial charge is 0.268 e. The lowest BCUT2D eigenvalue weighted by molar-refractivity contribution is 0.521. The van der Waals surface area contributed by atoms with Crippen LogP contribution in [-0.4, -0.2) is 18.6 Å². The molecule has 0 aliphatic carbocycles. The number of nitrogens with zero attached hydrogens (tertiary/aromatic N) is 1. The highest BCUT2D eigenvalue weighted by atomic mass is 32.2. The van der Waals surface area contributed by atoms with E-state index in [0.717, 1.165) is 18.2 Å². The highest BCUT2D eigenvalue weighted by Crippen LogP contribution is 2.25. The van der Waals surface area contributed by atoms with Gasteiger partial charge in [-0.3, -0.25) is 9.82 Å². The molecular formula is C13H15F2N3O2S. The fourth-order valence-corrected chi connectivity index (χ4v) is 2.82. The van der Waals surface area contributed by atoms with Crippen molar-refractivity contribution in [3.05, 3.63) is 41.6 Å². The van der Waals surface area contributed by atoms with Crippen molar-refractivity contribution in [1.29, 1.82) is 0 Å². The second kappa shape index (κ2) is 5.10. The topological polar surface area (TPSA) is 74.8 Å². The lowest BCUT2D eigenvalue weighted by atomic mass is 9.92. The molecular weight excluding hydrogens is 300 g/mol. The summed E-state index contributed by atoms with van der Waals surface area (Å²) in [6, 6.07) is 4.33. The number of aromatic nitrogens is 2. The van der Waals surface area contributed by atoms with Gasteiger partial charge in [0.1, 0.15) is 11.6 Å². The van der Waals surface area contributed by atoms with Gasteiger partial charge in [0.05, 0.1) is 0 Å². The fraction of sp³-hybridized carbons (Fsp3) is 0.308. The first kappa shape index (κ1) is 15.4. The Balaban J connectivity index is 2.36. The number of anilines is 1. The van der Waals surface area contributed by atoms with Crippen LogP contribution in [0.1, 0.15) is 26.5 Å². The van der Waals surface area contributed by atoms with Crippen LogP contribution >= 0.6 is 0 Å². The summed E-state index contributed by atoms with van der Waals surface area (Å²) in [5.41, 5.74) is 0.425. The minimum absolute atomic E-state index is 0.0254. The number of aromatic amines is 1. The summed E-state index contributed by atoms with van der Waals surface area (Å²) in [5, 5.41) is 6.48. The van der Waals surface area contributed by atoms with Crippen molar-refractivity contribution in [2.24, 2.45) is 0 Å². The number of nitrogens with one attached hydrogen (secondary N) is 2. The fourth-order valence-electron chi connectivity index (χ4n) is 1.69. The number of H-pyrrole nitrogens is 1. The van der Waals surface area contributed by atoms with Crippen molar-refractivity contribution >= 4 is 15.8 Å². The van der Waals surface area contributed by atoms with E-state index in [0.29, 0.717) is 5.69 Å². The molecule has 2 N–H and O–H groups in total. The highest BCUT2D eigenvalue weighted by Gasteiger charge is 2.25.